The molecule has 0 aromatic rings. The molecule has 1 heteroatoms. The summed E-state index contributed by atoms with van der Waals surface area (Å²) in [4.78, 5) is 0. The van der Waals surface area contributed by atoms with E-state index in [4.69, 9.17) is 0 Å². The van der Waals surface area contributed by atoms with Crippen molar-refractivity contribution in [2.45, 2.75) is 91.6 Å². The fourth-order valence-electron chi connectivity index (χ4n) is 2.60. The van der Waals surface area contributed by atoms with Crippen molar-refractivity contribution >= 4 is 0 Å². The van der Waals surface area contributed by atoms with E-state index in [-0.39, 0.29) is 6.10 Å². The van der Waals surface area contributed by atoms with E-state index >= 15 is 0 Å². The average Bonchev–Trinajstić information content (AvgIpc) is 2.37. The molecule has 0 radical (unpaired) electrons. The molecule has 0 aromatic carbocycles. The van der Waals surface area contributed by atoms with Gasteiger partial charge in [-0.25, -0.2) is 0 Å². The van der Waals surface area contributed by atoms with Crippen LogP contribution in [0.5, 0.6) is 0 Å². The summed E-state index contributed by atoms with van der Waals surface area (Å²) >= 11 is 0. The minimum atomic E-state index is 0.00347. The molecule has 2 saturated carbocycles. The van der Waals surface area contributed by atoms with Gasteiger partial charge in [0.2, 0.25) is 0 Å². The van der Waals surface area contributed by atoms with Crippen molar-refractivity contribution in [2.24, 2.45) is 11.8 Å². The van der Waals surface area contributed by atoms with Crippen LogP contribution in [0.1, 0.15) is 85.5 Å². The van der Waals surface area contributed by atoms with Crippen molar-refractivity contribution in [2.75, 3.05) is 0 Å². The third-order valence-electron chi connectivity index (χ3n) is 3.96. The molecule has 0 heterocycles. The van der Waals surface area contributed by atoms with Gasteiger partial charge in [0.15, 0.2) is 0 Å². The Morgan fingerprint density at radius 1 is 0.706 bits per heavy atom. The molecule has 2 aliphatic carbocycles. The Kier molecular flexibility index (Phi) is 11.0. The molecule has 0 spiro atoms. The van der Waals surface area contributed by atoms with Gasteiger partial charge in [0.1, 0.15) is 0 Å². The zero-order chi connectivity index (χ0) is 13.1. The second-order valence-corrected chi connectivity index (χ2v) is 5.57. The van der Waals surface area contributed by atoms with E-state index in [0.717, 1.165) is 12.3 Å². The highest BCUT2D eigenvalue weighted by Crippen LogP contribution is 2.23. The van der Waals surface area contributed by atoms with Gasteiger partial charge in [-0.15, -0.1) is 0 Å². The normalized spacial score (nSPS) is 29.5. The van der Waals surface area contributed by atoms with Crippen molar-refractivity contribution in [3.05, 3.63) is 0 Å². The maximum atomic E-state index is 9.18. The van der Waals surface area contributed by atoms with Gasteiger partial charge < -0.3 is 5.11 Å². The molecule has 104 valence electrons. The van der Waals surface area contributed by atoms with Crippen molar-refractivity contribution in [3.63, 3.8) is 0 Å². The van der Waals surface area contributed by atoms with Crippen molar-refractivity contribution < 1.29 is 5.11 Å². The van der Waals surface area contributed by atoms with Crippen molar-refractivity contribution in [1.29, 1.82) is 0 Å². The summed E-state index contributed by atoms with van der Waals surface area (Å²) in [6.07, 6.45) is 12.2. The average molecular weight is 242 g/mol. The van der Waals surface area contributed by atoms with Crippen LogP contribution < -0.4 is 0 Å². The van der Waals surface area contributed by atoms with Gasteiger partial charge in [0, 0.05) is 0 Å². The van der Waals surface area contributed by atoms with Gasteiger partial charge in [-0.2, -0.15) is 0 Å². The minimum Gasteiger partial charge on any atom is -0.393 e. The molecule has 2 atom stereocenters. The molecule has 0 aromatic heterocycles. The molecule has 1 N–H and O–H groups in total. The molecule has 2 aliphatic rings. The van der Waals surface area contributed by atoms with Crippen LogP contribution in [0.3, 0.4) is 0 Å². The smallest absolute Gasteiger partial charge is 0.0565 e. The van der Waals surface area contributed by atoms with Crippen molar-refractivity contribution in [1.82, 2.24) is 0 Å². The second-order valence-electron chi connectivity index (χ2n) is 5.57. The van der Waals surface area contributed by atoms with E-state index in [9.17, 15) is 5.11 Å². The van der Waals surface area contributed by atoms with Gasteiger partial charge in [0.25, 0.3) is 0 Å². The molecular weight excluding hydrogens is 208 g/mol. The van der Waals surface area contributed by atoms with Crippen molar-refractivity contribution in [3.8, 4) is 0 Å². The maximum Gasteiger partial charge on any atom is 0.0565 e. The topological polar surface area (TPSA) is 20.2 Å². The zero-order valence-electron chi connectivity index (χ0n) is 12.5. The standard InChI is InChI=1S/C7H14O.C7H14.C2H6/c1-6-4-2-3-5-7(6)8;1-7-5-3-2-4-6-7;1-2/h6-8H,2-5H2,1H3;7H,2-6H2,1H3;1-2H3. The second kappa shape index (κ2) is 11.1. The third-order valence-corrected chi connectivity index (χ3v) is 3.96. The van der Waals surface area contributed by atoms with Crippen LogP contribution in [-0.2, 0) is 0 Å². The highest BCUT2D eigenvalue weighted by molar-refractivity contribution is 4.69. The fraction of sp³-hybridized carbons (Fsp3) is 1.00. The van der Waals surface area contributed by atoms with E-state index < -0.39 is 0 Å². The summed E-state index contributed by atoms with van der Waals surface area (Å²) in [5, 5.41) is 9.18. The Bertz CT molecular complexity index is 140. The number of aliphatic hydroxyl groups excluding tert-OH is 1. The summed E-state index contributed by atoms with van der Waals surface area (Å²) in [5.41, 5.74) is 0. The first-order valence-electron chi connectivity index (χ1n) is 7.88. The van der Waals surface area contributed by atoms with Crippen LogP contribution >= 0.6 is 0 Å². The van der Waals surface area contributed by atoms with Gasteiger partial charge in [-0.05, 0) is 24.7 Å². The predicted octanol–water partition coefficient (Wildman–Crippen LogP) is 5.17. The molecule has 2 rings (SSSR count). The molecule has 2 unspecified atom stereocenters. The maximum absolute atomic E-state index is 9.18. The number of hydrogen-bond acceptors (Lipinski definition) is 1. The van der Waals surface area contributed by atoms with Crippen LogP contribution in [0.25, 0.3) is 0 Å². The zero-order valence-corrected chi connectivity index (χ0v) is 12.5. The summed E-state index contributed by atoms with van der Waals surface area (Å²) < 4.78 is 0. The van der Waals surface area contributed by atoms with Crippen LogP contribution in [0.2, 0.25) is 0 Å². The number of hydrogen-bond donors (Lipinski definition) is 1. The van der Waals surface area contributed by atoms with E-state index in [2.05, 4.69) is 13.8 Å². The number of aliphatic hydroxyl groups is 1. The fourth-order valence-corrected chi connectivity index (χ4v) is 2.60. The van der Waals surface area contributed by atoms with Gasteiger partial charge in [-0.1, -0.05) is 72.6 Å². The SMILES string of the molecule is CC.CC1CCCCC1.CC1CCCCC1O. The van der Waals surface area contributed by atoms with Gasteiger partial charge in [-0.3, -0.25) is 0 Å². The lowest BCUT2D eigenvalue weighted by Crippen LogP contribution is -2.21. The summed E-state index contributed by atoms with van der Waals surface area (Å²) in [6, 6.07) is 0. The van der Waals surface area contributed by atoms with Crippen LogP contribution in [0, 0.1) is 11.8 Å². The Balaban J connectivity index is 0.000000265. The molecule has 0 aliphatic heterocycles. The Morgan fingerprint density at radius 2 is 1.18 bits per heavy atom. The largest absolute Gasteiger partial charge is 0.393 e. The lowest BCUT2D eigenvalue weighted by Gasteiger charge is -2.23. The Morgan fingerprint density at radius 3 is 1.47 bits per heavy atom. The summed E-state index contributed by atoms with van der Waals surface area (Å²) in [7, 11) is 0. The predicted molar refractivity (Wildman–Crippen MR) is 77.2 cm³/mol. The first-order chi connectivity index (χ1) is 8.20. The molecule has 0 bridgehead atoms. The quantitative estimate of drug-likeness (QED) is 0.621. The first-order valence-corrected chi connectivity index (χ1v) is 7.88. The minimum absolute atomic E-state index is 0.00347. The lowest BCUT2D eigenvalue weighted by molar-refractivity contribution is 0.0793. The summed E-state index contributed by atoms with van der Waals surface area (Å²) in [5.74, 6) is 1.59. The monoisotopic (exact) mass is 242 g/mol. The Hall–Kier alpha value is -0.0400. The molecule has 0 amide bonds. The highest BCUT2D eigenvalue weighted by Gasteiger charge is 2.17. The lowest BCUT2D eigenvalue weighted by atomic mass is 9.88. The van der Waals surface area contributed by atoms with Gasteiger partial charge >= 0.3 is 0 Å². The van der Waals surface area contributed by atoms with Crippen LogP contribution in [-0.4, -0.2) is 11.2 Å². The van der Waals surface area contributed by atoms with Crippen LogP contribution in [0.4, 0.5) is 0 Å². The van der Waals surface area contributed by atoms with E-state index in [1.165, 1.54) is 51.4 Å². The Labute approximate surface area is 109 Å². The molecule has 2 fully saturated rings. The van der Waals surface area contributed by atoms with E-state index in [1.807, 2.05) is 13.8 Å². The first kappa shape index (κ1) is 17.0. The molecule has 17 heavy (non-hydrogen) atoms. The van der Waals surface area contributed by atoms with E-state index in [1.54, 1.807) is 0 Å². The molecule has 1 nitrogen and oxygen atoms in total. The van der Waals surface area contributed by atoms with Gasteiger partial charge in [0.05, 0.1) is 6.10 Å². The number of rotatable bonds is 0. The molecule has 0 saturated heterocycles. The van der Waals surface area contributed by atoms with E-state index in [0.29, 0.717) is 5.92 Å². The third kappa shape index (κ3) is 8.65. The van der Waals surface area contributed by atoms with Crippen LogP contribution in [0.15, 0.2) is 0 Å². The summed E-state index contributed by atoms with van der Waals surface area (Å²) in [6.45, 7) is 8.49. The highest BCUT2D eigenvalue weighted by atomic mass is 16.3. The molecular formula is C16H34O.